The van der Waals surface area contributed by atoms with E-state index < -0.39 is 34.9 Å². The van der Waals surface area contributed by atoms with Gasteiger partial charge in [0.1, 0.15) is 6.04 Å². The van der Waals surface area contributed by atoms with Crippen LogP contribution >= 0.6 is 0 Å². The molecule has 0 bridgehead atoms. The van der Waals surface area contributed by atoms with E-state index in [2.05, 4.69) is 15.6 Å². The number of nitrogens with one attached hydrogen (secondary N) is 3. The van der Waals surface area contributed by atoms with E-state index in [4.69, 9.17) is 0 Å². The van der Waals surface area contributed by atoms with Crippen LogP contribution in [-0.2, 0) is 16.0 Å². The van der Waals surface area contributed by atoms with Crippen LogP contribution < -0.4 is 21.9 Å². The quantitative estimate of drug-likeness (QED) is 0.208. The normalized spacial score (nSPS) is 11.7. The number of carbonyl (C=O) groups is 3. The molecular weight excluding hydrogens is 508 g/mol. The van der Waals surface area contributed by atoms with Crippen molar-refractivity contribution in [3.8, 4) is 5.69 Å². The van der Waals surface area contributed by atoms with Crippen LogP contribution in [0, 0.1) is 0 Å². The lowest BCUT2D eigenvalue weighted by molar-refractivity contribution is -0.138. The number of likely N-dealkylation sites (N-methyl/N-ethyl adjacent to an activating group) is 1. The third kappa shape index (κ3) is 5.30. The number of aromatic nitrogens is 2. The van der Waals surface area contributed by atoms with E-state index in [-0.39, 0.29) is 24.2 Å². The van der Waals surface area contributed by atoms with Crippen LogP contribution in [-0.4, -0.2) is 39.7 Å². The Morgan fingerprint density at radius 3 is 2.17 bits per heavy atom. The number of ketones is 1. The molecule has 200 valence electrons. The largest absolute Gasteiger partial charge is 0.350 e. The van der Waals surface area contributed by atoms with Gasteiger partial charge in [-0.15, -0.1) is 0 Å². The van der Waals surface area contributed by atoms with Gasteiger partial charge in [-0.2, -0.15) is 0 Å². The lowest BCUT2D eigenvalue weighted by Gasteiger charge is -2.17. The Morgan fingerprint density at radius 2 is 1.50 bits per heavy atom. The van der Waals surface area contributed by atoms with Crippen molar-refractivity contribution in [1.29, 1.82) is 0 Å². The maximum Gasteiger partial charge on any atom is 0.333 e. The summed E-state index contributed by atoms with van der Waals surface area (Å²) in [7, 11) is 0. The number of aromatic amines is 1. The minimum absolute atomic E-state index is 0.136. The molecule has 0 aliphatic heterocycles. The molecule has 1 unspecified atom stereocenters. The number of benzene rings is 4. The summed E-state index contributed by atoms with van der Waals surface area (Å²) in [6.45, 7) is 1.98. The van der Waals surface area contributed by atoms with Gasteiger partial charge in [-0.1, -0.05) is 54.6 Å². The highest BCUT2D eigenvalue weighted by molar-refractivity contribution is 6.38. The summed E-state index contributed by atoms with van der Waals surface area (Å²) < 4.78 is 1.01. The van der Waals surface area contributed by atoms with Gasteiger partial charge in [-0.05, 0) is 59.7 Å². The molecular formula is C31H26N4O5. The first-order chi connectivity index (χ1) is 19.4. The molecule has 0 spiro atoms. The van der Waals surface area contributed by atoms with Gasteiger partial charge in [0, 0.05) is 18.5 Å². The van der Waals surface area contributed by atoms with Gasteiger partial charge in [-0.3, -0.25) is 19.2 Å². The molecule has 4 aromatic carbocycles. The molecule has 9 nitrogen and oxygen atoms in total. The minimum Gasteiger partial charge on any atom is -0.350 e. The highest BCUT2D eigenvalue weighted by Gasteiger charge is 2.27. The van der Waals surface area contributed by atoms with E-state index in [1.165, 1.54) is 24.3 Å². The molecule has 9 heteroatoms. The monoisotopic (exact) mass is 534 g/mol. The molecule has 0 fully saturated rings. The Labute approximate surface area is 228 Å². The maximum absolute atomic E-state index is 13.3. The fourth-order valence-corrected chi connectivity index (χ4v) is 4.61. The van der Waals surface area contributed by atoms with Crippen molar-refractivity contribution in [2.45, 2.75) is 19.4 Å². The Hall–Kier alpha value is -5.31. The first-order valence-electron chi connectivity index (χ1n) is 12.8. The summed E-state index contributed by atoms with van der Waals surface area (Å²) in [6, 6.07) is 24.9. The molecule has 3 N–H and O–H groups in total. The lowest BCUT2D eigenvalue weighted by Crippen LogP contribution is -2.48. The van der Waals surface area contributed by atoms with E-state index in [1.807, 2.05) is 42.5 Å². The first kappa shape index (κ1) is 26.3. The zero-order chi connectivity index (χ0) is 28.2. The van der Waals surface area contributed by atoms with Gasteiger partial charge >= 0.3 is 5.69 Å². The number of fused-ring (bicyclic) bond motifs is 2. The van der Waals surface area contributed by atoms with E-state index in [1.54, 1.807) is 31.2 Å². The van der Waals surface area contributed by atoms with Crippen LogP contribution in [0.4, 0.5) is 0 Å². The van der Waals surface area contributed by atoms with E-state index >= 15 is 0 Å². The van der Waals surface area contributed by atoms with Crippen LogP contribution in [0.2, 0.25) is 0 Å². The molecule has 40 heavy (non-hydrogen) atoms. The van der Waals surface area contributed by atoms with Crippen molar-refractivity contribution in [2.75, 3.05) is 6.54 Å². The topological polar surface area (TPSA) is 130 Å². The minimum atomic E-state index is -1.08. The smallest absolute Gasteiger partial charge is 0.333 e. The Kier molecular flexibility index (Phi) is 7.37. The Morgan fingerprint density at radius 1 is 0.850 bits per heavy atom. The molecule has 0 aliphatic carbocycles. The molecule has 0 aliphatic rings. The van der Waals surface area contributed by atoms with Crippen LogP contribution in [0.5, 0.6) is 0 Å². The molecule has 0 saturated heterocycles. The third-order valence-electron chi connectivity index (χ3n) is 6.62. The van der Waals surface area contributed by atoms with E-state index in [0.29, 0.717) is 10.9 Å². The van der Waals surface area contributed by atoms with Crippen LogP contribution in [0.15, 0.2) is 101 Å². The number of carbonyl (C=O) groups excluding carboxylic acids is 3. The lowest BCUT2D eigenvalue weighted by atomic mass is 10.0. The number of rotatable bonds is 8. The maximum atomic E-state index is 13.3. The average Bonchev–Trinajstić information content (AvgIpc) is 2.96. The molecule has 1 heterocycles. The molecule has 1 atom stereocenters. The third-order valence-corrected chi connectivity index (χ3v) is 6.62. The summed E-state index contributed by atoms with van der Waals surface area (Å²) in [6.07, 6.45) is 0.136. The van der Waals surface area contributed by atoms with Gasteiger partial charge in [0.2, 0.25) is 5.78 Å². The zero-order valence-corrected chi connectivity index (χ0v) is 21.6. The number of H-pyrrole nitrogens is 1. The molecule has 5 rings (SSSR count). The Balaban J connectivity index is 1.43. The predicted octanol–water partition coefficient (Wildman–Crippen LogP) is 2.88. The van der Waals surface area contributed by atoms with Gasteiger partial charge < -0.3 is 15.6 Å². The number of hydrogen-bond donors (Lipinski definition) is 3. The van der Waals surface area contributed by atoms with E-state index in [9.17, 15) is 24.0 Å². The van der Waals surface area contributed by atoms with Crippen LogP contribution in [0.3, 0.4) is 0 Å². The van der Waals surface area contributed by atoms with Crippen molar-refractivity contribution >= 4 is 39.3 Å². The van der Waals surface area contributed by atoms with Crippen molar-refractivity contribution in [1.82, 2.24) is 20.2 Å². The second-order valence-electron chi connectivity index (χ2n) is 9.30. The van der Waals surface area contributed by atoms with Crippen LogP contribution in [0.1, 0.15) is 22.8 Å². The summed E-state index contributed by atoms with van der Waals surface area (Å²) in [5, 5.41) is 7.25. The number of nitrogens with zero attached hydrogens (tertiary/aromatic N) is 1. The van der Waals surface area contributed by atoms with Gasteiger partial charge in [0.05, 0.1) is 16.6 Å². The molecule has 5 aromatic rings. The highest BCUT2D eigenvalue weighted by atomic mass is 16.2. The molecule has 0 saturated carbocycles. The van der Waals surface area contributed by atoms with Crippen molar-refractivity contribution in [3.63, 3.8) is 0 Å². The second-order valence-corrected chi connectivity index (χ2v) is 9.30. The highest BCUT2D eigenvalue weighted by Crippen LogP contribution is 2.19. The van der Waals surface area contributed by atoms with Crippen molar-refractivity contribution in [3.05, 3.63) is 123 Å². The zero-order valence-electron chi connectivity index (χ0n) is 21.6. The second kappa shape index (κ2) is 11.2. The van der Waals surface area contributed by atoms with E-state index in [0.717, 1.165) is 20.9 Å². The van der Waals surface area contributed by atoms with Crippen LogP contribution in [0.25, 0.3) is 27.4 Å². The number of Topliss-reactive ketones (excluding diaryl/α,β-unsaturated/α-hetero) is 1. The summed E-state index contributed by atoms with van der Waals surface area (Å²) in [5.41, 5.74) is 0.585. The Bertz CT molecular complexity index is 1860. The fourth-order valence-electron chi connectivity index (χ4n) is 4.61. The van der Waals surface area contributed by atoms with Crippen molar-refractivity contribution in [2.24, 2.45) is 0 Å². The average molecular weight is 535 g/mol. The standard InChI is InChI=1S/C31H26N4O5/c1-2-32-29(38)27(36)26(16-19-8-4-3-5-9-19)33-28(37)20-12-14-23(15-13-20)35-30(39)24-17-21-10-6-7-11-22(21)18-25(24)34-31(35)40/h3-15,17-18,26H,2,16H2,1H3,(H,32,38)(H,33,37)(H,34,40). The fraction of sp³-hybridized carbons (Fsp3) is 0.129. The molecule has 2 amide bonds. The van der Waals surface area contributed by atoms with Gasteiger partial charge in [0.15, 0.2) is 0 Å². The molecule has 0 radical (unpaired) electrons. The predicted molar refractivity (Wildman–Crippen MR) is 153 cm³/mol. The number of hydrogen-bond acceptors (Lipinski definition) is 5. The summed E-state index contributed by atoms with van der Waals surface area (Å²) >= 11 is 0. The van der Waals surface area contributed by atoms with Gasteiger partial charge in [-0.25, -0.2) is 9.36 Å². The van der Waals surface area contributed by atoms with Crippen molar-refractivity contribution < 1.29 is 14.4 Å². The first-order valence-corrected chi connectivity index (χ1v) is 12.8. The number of amides is 2. The van der Waals surface area contributed by atoms with Gasteiger partial charge in [0.25, 0.3) is 17.4 Å². The summed E-state index contributed by atoms with van der Waals surface area (Å²) in [5.74, 6) is -2.10. The summed E-state index contributed by atoms with van der Waals surface area (Å²) in [4.78, 5) is 67.1. The SMILES string of the molecule is CCNC(=O)C(=O)C(Cc1ccccc1)NC(=O)c1ccc(-n2c(=O)[nH]c3cc4ccccc4cc3c2=O)cc1. The molecule has 1 aromatic heterocycles.